The maximum atomic E-state index is 13.2. The number of carbonyl (C=O) groups is 2. The van der Waals surface area contributed by atoms with E-state index in [-0.39, 0.29) is 17.1 Å². The second-order valence-electron chi connectivity index (χ2n) is 9.15. The SMILES string of the molecule is CC(C)(C)OC(=O)N[C@@H](Cc1cccc(C(F)(F)F)c1)C(=O)Nc1nnc(-c2cc3c(Cl)cncc3s2)s1. The average molecular weight is 584 g/mol. The number of fused-ring (bicyclic) bond motifs is 1. The first-order chi connectivity index (χ1) is 17.8. The molecule has 0 aliphatic heterocycles. The average Bonchev–Trinajstić information content (AvgIpc) is 3.45. The summed E-state index contributed by atoms with van der Waals surface area (Å²) in [7, 11) is 0. The van der Waals surface area contributed by atoms with Crippen LogP contribution in [0.5, 0.6) is 0 Å². The standard InChI is InChI=1S/C24H21ClF3N5O3S2/c1-23(2,3)36-22(35)30-16(8-12-5-4-6-13(7-12)24(26,27)28)19(34)31-21-33-32-20(38-21)17-9-14-15(25)10-29-11-18(14)37-17/h4-7,9-11,16H,8H2,1-3H3,(H,30,35)(H,31,33,34)/t16-/m0/s1. The highest BCUT2D eigenvalue weighted by molar-refractivity contribution is 7.27. The van der Waals surface area contributed by atoms with Crippen molar-refractivity contribution in [2.75, 3.05) is 5.32 Å². The quantitative estimate of drug-likeness (QED) is 0.266. The van der Waals surface area contributed by atoms with Crippen molar-refractivity contribution < 1.29 is 27.5 Å². The Morgan fingerprint density at radius 2 is 1.87 bits per heavy atom. The van der Waals surface area contributed by atoms with Crippen LogP contribution in [0.2, 0.25) is 5.02 Å². The predicted molar refractivity (Wildman–Crippen MR) is 140 cm³/mol. The van der Waals surface area contributed by atoms with E-state index in [1.807, 2.05) is 6.07 Å². The molecule has 0 aliphatic rings. The lowest BCUT2D eigenvalue weighted by molar-refractivity contribution is -0.137. The third-order valence-corrected chi connectivity index (χ3v) is 7.34. The van der Waals surface area contributed by atoms with Crippen molar-refractivity contribution in [1.29, 1.82) is 0 Å². The Morgan fingerprint density at radius 1 is 1.11 bits per heavy atom. The zero-order chi connectivity index (χ0) is 27.7. The molecule has 38 heavy (non-hydrogen) atoms. The molecule has 0 spiro atoms. The van der Waals surface area contributed by atoms with Crippen LogP contribution in [-0.4, -0.2) is 38.8 Å². The van der Waals surface area contributed by atoms with Crippen LogP contribution in [0.25, 0.3) is 20.0 Å². The summed E-state index contributed by atoms with van der Waals surface area (Å²) in [4.78, 5) is 30.4. The van der Waals surface area contributed by atoms with E-state index in [1.165, 1.54) is 29.7 Å². The molecule has 2 amide bonds. The molecule has 2 N–H and O–H groups in total. The van der Waals surface area contributed by atoms with Crippen LogP contribution in [0.3, 0.4) is 0 Å². The monoisotopic (exact) mass is 583 g/mol. The Hall–Kier alpha value is -3.29. The number of benzene rings is 1. The van der Waals surface area contributed by atoms with Gasteiger partial charge in [-0.15, -0.1) is 21.5 Å². The number of nitrogens with zero attached hydrogens (tertiary/aromatic N) is 3. The van der Waals surface area contributed by atoms with Crippen LogP contribution in [0.4, 0.5) is 23.1 Å². The van der Waals surface area contributed by atoms with Gasteiger partial charge in [-0.25, -0.2) is 4.79 Å². The minimum atomic E-state index is -4.55. The molecule has 4 rings (SSSR count). The van der Waals surface area contributed by atoms with Crippen molar-refractivity contribution in [3.63, 3.8) is 0 Å². The van der Waals surface area contributed by atoms with E-state index < -0.39 is 35.4 Å². The molecule has 0 bridgehead atoms. The molecule has 4 aromatic rings. The molecule has 3 aromatic heterocycles. The molecule has 14 heteroatoms. The summed E-state index contributed by atoms with van der Waals surface area (Å²) in [5.74, 6) is -0.695. The van der Waals surface area contributed by atoms with Crippen molar-refractivity contribution in [3.8, 4) is 9.88 Å². The van der Waals surface area contributed by atoms with E-state index in [2.05, 4.69) is 25.8 Å². The van der Waals surface area contributed by atoms with Gasteiger partial charge in [0.2, 0.25) is 11.0 Å². The van der Waals surface area contributed by atoms with Crippen molar-refractivity contribution in [1.82, 2.24) is 20.5 Å². The number of hydrogen-bond donors (Lipinski definition) is 2. The molecule has 0 radical (unpaired) electrons. The fourth-order valence-electron chi connectivity index (χ4n) is 3.37. The molecule has 0 saturated heterocycles. The first kappa shape index (κ1) is 27.7. The Balaban J connectivity index is 1.54. The highest BCUT2D eigenvalue weighted by Gasteiger charge is 2.31. The van der Waals surface area contributed by atoms with Crippen molar-refractivity contribution >= 4 is 61.5 Å². The largest absolute Gasteiger partial charge is 0.444 e. The molecule has 3 heterocycles. The van der Waals surface area contributed by atoms with Gasteiger partial charge in [-0.3, -0.25) is 15.1 Å². The molecule has 200 valence electrons. The van der Waals surface area contributed by atoms with Crippen LogP contribution in [0.1, 0.15) is 31.9 Å². The number of anilines is 1. The molecule has 1 aromatic carbocycles. The van der Waals surface area contributed by atoms with Gasteiger partial charge in [0.15, 0.2) is 5.01 Å². The van der Waals surface area contributed by atoms with Gasteiger partial charge in [-0.2, -0.15) is 13.2 Å². The molecular formula is C24H21ClF3N5O3S2. The van der Waals surface area contributed by atoms with Gasteiger partial charge in [-0.05, 0) is 38.5 Å². The third kappa shape index (κ3) is 6.97. The molecular weight excluding hydrogens is 563 g/mol. The lowest BCUT2D eigenvalue weighted by Gasteiger charge is -2.23. The minimum absolute atomic E-state index is 0.145. The summed E-state index contributed by atoms with van der Waals surface area (Å²) in [6.07, 6.45) is -2.45. The van der Waals surface area contributed by atoms with E-state index in [9.17, 15) is 22.8 Å². The molecule has 8 nitrogen and oxygen atoms in total. The van der Waals surface area contributed by atoms with E-state index in [4.69, 9.17) is 16.3 Å². The predicted octanol–water partition coefficient (Wildman–Crippen LogP) is 6.56. The molecule has 0 unspecified atom stereocenters. The minimum Gasteiger partial charge on any atom is -0.444 e. The van der Waals surface area contributed by atoms with E-state index in [0.717, 1.165) is 38.4 Å². The third-order valence-electron chi connectivity index (χ3n) is 4.97. The molecule has 0 fully saturated rings. The maximum absolute atomic E-state index is 13.2. The number of halogens is 4. The van der Waals surface area contributed by atoms with Crippen molar-refractivity contribution in [2.24, 2.45) is 0 Å². The number of thiophene rings is 1. The van der Waals surface area contributed by atoms with Crippen LogP contribution < -0.4 is 10.6 Å². The van der Waals surface area contributed by atoms with Gasteiger partial charge in [0.1, 0.15) is 11.6 Å². The van der Waals surface area contributed by atoms with Crippen LogP contribution in [0, 0.1) is 0 Å². The number of hydrogen-bond acceptors (Lipinski definition) is 8. The second kappa shape index (κ2) is 10.8. The van der Waals surface area contributed by atoms with Crippen molar-refractivity contribution in [2.45, 2.75) is 45.0 Å². The number of ether oxygens (including phenoxy) is 1. The zero-order valence-electron chi connectivity index (χ0n) is 20.2. The Labute approximate surface area is 228 Å². The summed E-state index contributed by atoms with van der Waals surface area (Å²) in [6.45, 7) is 4.94. The summed E-state index contributed by atoms with van der Waals surface area (Å²) >= 11 is 8.70. The van der Waals surface area contributed by atoms with Gasteiger partial charge in [0.05, 0.1) is 20.2 Å². The first-order valence-electron chi connectivity index (χ1n) is 11.1. The molecule has 0 aliphatic carbocycles. The van der Waals surface area contributed by atoms with Gasteiger partial charge >= 0.3 is 12.3 Å². The van der Waals surface area contributed by atoms with Gasteiger partial charge < -0.3 is 10.1 Å². The summed E-state index contributed by atoms with van der Waals surface area (Å²) in [5, 5.41) is 15.1. The van der Waals surface area contributed by atoms with Crippen molar-refractivity contribution in [3.05, 3.63) is 58.9 Å². The lowest BCUT2D eigenvalue weighted by Crippen LogP contribution is -2.47. The summed E-state index contributed by atoms with van der Waals surface area (Å²) < 4.78 is 45.7. The van der Waals surface area contributed by atoms with Crippen LogP contribution in [0.15, 0.2) is 42.7 Å². The number of aromatic nitrogens is 3. The van der Waals surface area contributed by atoms with Crippen LogP contribution >= 0.6 is 34.3 Å². The van der Waals surface area contributed by atoms with Gasteiger partial charge in [0.25, 0.3) is 0 Å². The Morgan fingerprint density at radius 3 is 2.55 bits per heavy atom. The molecule has 0 saturated carbocycles. The van der Waals surface area contributed by atoms with E-state index >= 15 is 0 Å². The summed E-state index contributed by atoms with van der Waals surface area (Å²) in [5.41, 5.74) is -1.51. The summed E-state index contributed by atoms with van der Waals surface area (Å²) in [6, 6.07) is 5.13. The number of carbonyl (C=O) groups excluding carboxylic acids is 2. The fraction of sp³-hybridized carbons (Fsp3) is 0.292. The number of amides is 2. The normalized spacial score (nSPS) is 12.8. The zero-order valence-corrected chi connectivity index (χ0v) is 22.6. The van der Waals surface area contributed by atoms with Crippen LogP contribution in [-0.2, 0) is 22.1 Å². The number of alkyl halides is 3. The number of nitrogens with one attached hydrogen (secondary N) is 2. The number of alkyl carbamates (subject to hydrolysis) is 1. The van der Waals surface area contributed by atoms with E-state index in [0.29, 0.717) is 10.0 Å². The number of pyridine rings is 1. The topological polar surface area (TPSA) is 106 Å². The van der Waals surface area contributed by atoms with E-state index in [1.54, 1.807) is 27.0 Å². The second-order valence-corrected chi connectivity index (χ2v) is 11.6. The highest BCUT2D eigenvalue weighted by Crippen LogP contribution is 2.38. The Bertz CT molecular complexity index is 1480. The fourth-order valence-corrected chi connectivity index (χ4v) is 5.48. The first-order valence-corrected chi connectivity index (χ1v) is 13.1. The Kier molecular flexibility index (Phi) is 7.90. The number of rotatable bonds is 6. The smallest absolute Gasteiger partial charge is 0.416 e. The lowest BCUT2D eigenvalue weighted by atomic mass is 10.0. The maximum Gasteiger partial charge on any atom is 0.416 e. The van der Waals surface area contributed by atoms with Gasteiger partial charge in [-0.1, -0.05) is 41.1 Å². The van der Waals surface area contributed by atoms with Gasteiger partial charge in [0, 0.05) is 24.2 Å². The highest BCUT2D eigenvalue weighted by atomic mass is 35.5. The molecule has 1 atom stereocenters.